The first-order chi connectivity index (χ1) is 8.71. The molecule has 0 bridgehead atoms. The number of nitrogens with one attached hydrogen (secondary N) is 2. The van der Waals surface area contributed by atoms with Gasteiger partial charge in [0.2, 0.25) is 11.0 Å². The maximum atomic E-state index is 11.6. The van der Waals surface area contributed by atoms with Gasteiger partial charge in [0.25, 0.3) is 0 Å². The molecule has 5 nitrogen and oxygen atoms in total. The minimum Gasteiger partial charge on any atom is -0.320 e. The lowest BCUT2D eigenvalue weighted by Crippen LogP contribution is -2.15. The second-order valence-corrected chi connectivity index (χ2v) is 5.22. The van der Waals surface area contributed by atoms with Gasteiger partial charge in [0.05, 0.1) is 0 Å². The second kappa shape index (κ2) is 10.1. The molecular formula is C12H23ClN4OS. The monoisotopic (exact) mass is 306 g/mol. The Hall–Kier alpha value is -0.720. The minimum atomic E-state index is 0. The van der Waals surface area contributed by atoms with Crippen LogP contribution in [0.1, 0.15) is 50.5 Å². The van der Waals surface area contributed by atoms with E-state index in [9.17, 15) is 4.79 Å². The second-order valence-electron chi connectivity index (χ2n) is 4.21. The van der Waals surface area contributed by atoms with Crippen molar-refractivity contribution in [1.29, 1.82) is 0 Å². The van der Waals surface area contributed by atoms with Gasteiger partial charge in [-0.2, -0.15) is 0 Å². The Kier molecular flexibility index (Phi) is 9.73. The van der Waals surface area contributed by atoms with Crippen molar-refractivity contribution in [1.82, 2.24) is 15.5 Å². The topological polar surface area (TPSA) is 66.9 Å². The first kappa shape index (κ1) is 18.3. The van der Waals surface area contributed by atoms with Crippen molar-refractivity contribution in [3.63, 3.8) is 0 Å². The number of rotatable bonds is 8. The predicted molar refractivity (Wildman–Crippen MR) is 82.3 cm³/mol. The normalized spacial score (nSPS) is 10.3. The lowest BCUT2D eigenvalue weighted by molar-refractivity contribution is -0.116. The maximum Gasteiger partial charge on any atom is 0.226 e. The Balaban J connectivity index is 0.00000324. The van der Waals surface area contributed by atoms with Crippen LogP contribution in [0.3, 0.4) is 0 Å². The summed E-state index contributed by atoms with van der Waals surface area (Å²) in [5.41, 5.74) is 0. The summed E-state index contributed by atoms with van der Waals surface area (Å²) in [6.07, 6.45) is 3.46. The molecule has 0 aliphatic heterocycles. The highest BCUT2D eigenvalue weighted by molar-refractivity contribution is 7.15. The van der Waals surface area contributed by atoms with Crippen molar-refractivity contribution in [2.75, 3.05) is 18.9 Å². The van der Waals surface area contributed by atoms with Crippen LogP contribution in [0.15, 0.2) is 0 Å². The molecular weight excluding hydrogens is 284 g/mol. The van der Waals surface area contributed by atoms with E-state index in [2.05, 4.69) is 34.7 Å². The minimum absolute atomic E-state index is 0. The van der Waals surface area contributed by atoms with Gasteiger partial charge in [0.1, 0.15) is 5.01 Å². The predicted octanol–water partition coefficient (Wildman–Crippen LogP) is 2.80. The molecule has 1 aromatic rings. The van der Waals surface area contributed by atoms with Gasteiger partial charge in [0.15, 0.2) is 0 Å². The summed E-state index contributed by atoms with van der Waals surface area (Å²) >= 11 is 1.49. The van der Waals surface area contributed by atoms with Crippen LogP contribution in [0.2, 0.25) is 0 Å². The van der Waals surface area contributed by atoms with Gasteiger partial charge < -0.3 is 10.6 Å². The molecule has 7 heteroatoms. The smallest absolute Gasteiger partial charge is 0.226 e. The van der Waals surface area contributed by atoms with E-state index in [1.165, 1.54) is 11.3 Å². The quantitative estimate of drug-likeness (QED) is 0.725. The number of carbonyl (C=O) groups is 1. The third kappa shape index (κ3) is 6.31. The van der Waals surface area contributed by atoms with E-state index >= 15 is 0 Å². The Morgan fingerprint density at radius 3 is 2.58 bits per heavy atom. The SMILES string of the molecule is CCC(CC)c1nnc(NC(=O)CCCNC)s1.Cl. The third-order valence-electron chi connectivity index (χ3n) is 2.85. The van der Waals surface area contributed by atoms with Crippen molar-refractivity contribution in [3.05, 3.63) is 5.01 Å². The number of hydrogen-bond donors (Lipinski definition) is 2. The molecule has 0 atom stereocenters. The van der Waals surface area contributed by atoms with Crippen LogP contribution in [-0.4, -0.2) is 29.7 Å². The Morgan fingerprint density at radius 2 is 2.00 bits per heavy atom. The molecule has 2 N–H and O–H groups in total. The highest BCUT2D eigenvalue weighted by Crippen LogP contribution is 2.27. The average Bonchev–Trinajstić information content (AvgIpc) is 2.79. The molecule has 0 aliphatic rings. The lowest BCUT2D eigenvalue weighted by atomic mass is 10.1. The third-order valence-corrected chi connectivity index (χ3v) is 3.85. The molecule has 0 saturated carbocycles. The summed E-state index contributed by atoms with van der Waals surface area (Å²) < 4.78 is 0. The first-order valence-corrected chi connectivity index (χ1v) is 7.30. The number of hydrogen-bond acceptors (Lipinski definition) is 5. The number of halogens is 1. The van der Waals surface area contributed by atoms with Crippen LogP contribution >= 0.6 is 23.7 Å². The Labute approximate surface area is 125 Å². The van der Waals surface area contributed by atoms with Crippen molar-refractivity contribution in [3.8, 4) is 0 Å². The highest BCUT2D eigenvalue weighted by Gasteiger charge is 2.14. The zero-order valence-corrected chi connectivity index (χ0v) is 13.4. The molecule has 1 rings (SSSR count). The van der Waals surface area contributed by atoms with Crippen molar-refractivity contribution in [2.45, 2.75) is 45.4 Å². The standard InChI is InChI=1S/C12H22N4OS.ClH/c1-4-9(5-2)11-15-16-12(18-11)14-10(17)7-6-8-13-3;/h9,13H,4-8H2,1-3H3,(H,14,16,17);1H. The summed E-state index contributed by atoms with van der Waals surface area (Å²) in [5, 5.41) is 15.6. The summed E-state index contributed by atoms with van der Waals surface area (Å²) in [6.45, 7) is 5.14. The molecule has 1 aromatic heterocycles. The van der Waals surface area contributed by atoms with E-state index in [0.29, 0.717) is 17.5 Å². The van der Waals surface area contributed by atoms with Gasteiger partial charge in [-0.3, -0.25) is 4.79 Å². The summed E-state index contributed by atoms with van der Waals surface area (Å²) in [4.78, 5) is 11.6. The van der Waals surface area contributed by atoms with Crippen LogP contribution in [0.4, 0.5) is 5.13 Å². The Bertz CT molecular complexity index is 368. The van der Waals surface area contributed by atoms with Crippen LogP contribution in [0, 0.1) is 0 Å². The van der Waals surface area contributed by atoms with E-state index in [-0.39, 0.29) is 18.3 Å². The number of anilines is 1. The maximum absolute atomic E-state index is 11.6. The zero-order chi connectivity index (χ0) is 13.4. The molecule has 1 heterocycles. The molecule has 110 valence electrons. The first-order valence-electron chi connectivity index (χ1n) is 6.49. The molecule has 0 radical (unpaired) electrons. The summed E-state index contributed by atoms with van der Waals surface area (Å²) in [5.74, 6) is 0.468. The Morgan fingerprint density at radius 1 is 1.32 bits per heavy atom. The van der Waals surface area contributed by atoms with E-state index in [1.54, 1.807) is 0 Å². The molecule has 0 saturated heterocycles. The zero-order valence-electron chi connectivity index (χ0n) is 11.7. The lowest BCUT2D eigenvalue weighted by Gasteiger charge is -2.05. The number of aromatic nitrogens is 2. The van der Waals surface area contributed by atoms with Gasteiger partial charge >= 0.3 is 0 Å². The van der Waals surface area contributed by atoms with Gasteiger partial charge in [-0.05, 0) is 32.9 Å². The van der Waals surface area contributed by atoms with Crippen molar-refractivity contribution in [2.24, 2.45) is 0 Å². The largest absolute Gasteiger partial charge is 0.320 e. The molecule has 0 spiro atoms. The van der Waals surface area contributed by atoms with E-state index in [4.69, 9.17) is 0 Å². The fourth-order valence-electron chi connectivity index (χ4n) is 1.70. The molecule has 0 aliphatic carbocycles. The molecule has 0 unspecified atom stereocenters. The van der Waals surface area contributed by atoms with E-state index < -0.39 is 0 Å². The van der Waals surface area contributed by atoms with Gasteiger partial charge in [-0.1, -0.05) is 25.2 Å². The molecule has 1 amide bonds. The summed E-state index contributed by atoms with van der Waals surface area (Å²) in [6, 6.07) is 0. The van der Waals surface area contributed by atoms with Crippen LogP contribution < -0.4 is 10.6 Å². The molecule has 19 heavy (non-hydrogen) atoms. The average molecular weight is 307 g/mol. The highest BCUT2D eigenvalue weighted by atomic mass is 35.5. The van der Waals surface area contributed by atoms with Crippen LogP contribution in [0.5, 0.6) is 0 Å². The van der Waals surface area contributed by atoms with Crippen molar-refractivity contribution < 1.29 is 4.79 Å². The number of carbonyl (C=O) groups excluding carboxylic acids is 1. The van der Waals surface area contributed by atoms with Crippen LogP contribution in [0.25, 0.3) is 0 Å². The fourth-order valence-corrected chi connectivity index (χ4v) is 2.72. The van der Waals surface area contributed by atoms with E-state index in [0.717, 1.165) is 30.8 Å². The molecule has 0 fully saturated rings. The van der Waals surface area contributed by atoms with Crippen LogP contribution in [-0.2, 0) is 4.79 Å². The van der Waals surface area contributed by atoms with Gasteiger partial charge in [-0.25, -0.2) is 0 Å². The van der Waals surface area contributed by atoms with Crippen molar-refractivity contribution >= 4 is 34.8 Å². The number of nitrogens with zero attached hydrogens (tertiary/aromatic N) is 2. The van der Waals surface area contributed by atoms with Gasteiger partial charge in [0, 0.05) is 12.3 Å². The number of amides is 1. The summed E-state index contributed by atoms with van der Waals surface area (Å²) in [7, 11) is 1.88. The molecule has 0 aromatic carbocycles. The fraction of sp³-hybridized carbons (Fsp3) is 0.750. The van der Waals surface area contributed by atoms with Gasteiger partial charge in [-0.15, -0.1) is 22.6 Å². The van der Waals surface area contributed by atoms with E-state index in [1.807, 2.05) is 7.05 Å².